The van der Waals surface area contributed by atoms with Gasteiger partial charge in [0.15, 0.2) is 0 Å². The van der Waals surface area contributed by atoms with Crippen molar-refractivity contribution in [1.82, 2.24) is 0 Å². The first kappa shape index (κ1) is 11.2. The number of hydrogen-bond donors (Lipinski definition) is 1. The van der Waals surface area contributed by atoms with Crippen LogP contribution < -0.4 is 0 Å². The van der Waals surface area contributed by atoms with Crippen LogP contribution in [-0.4, -0.2) is 10.0 Å². The fourth-order valence-corrected chi connectivity index (χ4v) is 2.41. The van der Waals surface area contributed by atoms with E-state index in [1.165, 1.54) is 6.07 Å². The lowest BCUT2D eigenvalue weighted by atomic mass is 10.3. The molecule has 0 aliphatic carbocycles. The number of phenolic OH excluding ortho intramolecular Hbond substituents is 1. The number of nitrogens with zero attached hydrogens (tertiary/aromatic N) is 1. The van der Waals surface area contributed by atoms with Gasteiger partial charge in [-0.3, -0.25) is 10.1 Å². The summed E-state index contributed by atoms with van der Waals surface area (Å²) in [4.78, 5) is 10.0. The van der Waals surface area contributed by atoms with Gasteiger partial charge in [-0.15, -0.1) is 0 Å². The molecular weight excluding hydrogens is 421 g/mol. The van der Waals surface area contributed by atoms with Gasteiger partial charge < -0.3 is 5.11 Å². The highest BCUT2D eigenvalue weighted by Gasteiger charge is 2.19. The van der Waals surface area contributed by atoms with Gasteiger partial charge in [0.1, 0.15) is 9.32 Å². The van der Waals surface area contributed by atoms with Crippen LogP contribution in [0.2, 0.25) is 0 Å². The predicted octanol–water partition coefficient (Wildman–Crippen LogP) is 3.43. The Kier molecular flexibility index (Phi) is 3.52. The van der Waals surface area contributed by atoms with Gasteiger partial charge in [-0.25, -0.2) is 0 Å². The van der Waals surface area contributed by atoms with Crippen LogP contribution in [0, 0.1) is 13.7 Å². The monoisotopic (exact) mass is 421 g/mol. The predicted molar refractivity (Wildman–Crippen MR) is 62.9 cm³/mol. The van der Waals surface area contributed by atoms with Crippen LogP contribution in [0.25, 0.3) is 0 Å². The zero-order valence-electron chi connectivity index (χ0n) is 5.92. The number of nitro benzene ring substituents is 1. The van der Waals surface area contributed by atoms with E-state index in [0.717, 1.165) is 0 Å². The minimum absolute atomic E-state index is 0.0324. The van der Waals surface area contributed by atoms with Crippen molar-refractivity contribution in [3.63, 3.8) is 0 Å². The van der Waals surface area contributed by atoms with Crippen molar-refractivity contribution in [3.8, 4) is 5.75 Å². The summed E-state index contributed by atoms with van der Waals surface area (Å²) in [5, 5.41) is 19.9. The molecule has 0 heterocycles. The second-order valence-corrected chi connectivity index (χ2v) is 4.84. The van der Waals surface area contributed by atoms with Crippen LogP contribution in [0.1, 0.15) is 0 Å². The summed E-state index contributed by atoms with van der Waals surface area (Å²) in [5.41, 5.74) is -0.0443. The van der Waals surface area contributed by atoms with Crippen LogP contribution in [0.3, 0.4) is 0 Å². The molecule has 0 saturated carbocycles. The van der Waals surface area contributed by atoms with E-state index >= 15 is 0 Å². The average Bonchev–Trinajstić information content (AvgIpc) is 2.07. The van der Waals surface area contributed by atoms with Crippen LogP contribution in [0.15, 0.2) is 15.0 Å². The molecule has 1 rings (SSSR count). The second kappa shape index (κ2) is 4.09. The van der Waals surface area contributed by atoms with E-state index in [2.05, 4.69) is 31.9 Å². The smallest absolute Gasteiger partial charge is 0.285 e. The molecule has 13 heavy (non-hydrogen) atoms. The molecule has 0 unspecified atom stereocenters. The van der Waals surface area contributed by atoms with E-state index in [-0.39, 0.29) is 11.4 Å². The van der Waals surface area contributed by atoms with Gasteiger partial charge in [0.05, 0.1) is 13.9 Å². The minimum Gasteiger partial charge on any atom is -0.506 e. The molecule has 0 fully saturated rings. The van der Waals surface area contributed by atoms with Gasteiger partial charge in [0, 0.05) is 6.07 Å². The third-order valence-corrected chi connectivity index (χ3v) is 4.52. The SMILES string of the molecule is O=[N+]([O-])c1cc(Br)c(O)c(Br)c1I. The molecule has 70 valence electrons. The third-order valence-electron chi connectivity index (χ3n) is 1.31. The van der Waals surface area contributed by atoms with E-state index < -0.39 is 4.92 Å². The van der Waals surface area contributed by atoms with E-state index in [0.29, 0.717) is 12.5 Å². The van der Waals surface area contributed by atoms with Crippen molar-refractivity contribution in [2.75, 3.05) is 0 Å². The molecule has 0 spiro atoms. The highest BCUT2D eigenvalue weighted by Crippen LogP contribution is 2.40. The average molecular weight is 423 g/mol. The molecule has 0 amide bonds. The van der Waals surface area contributed by atoms with Gasteiger partial charge >= 0.3 is 0 Å². The maximum absolute atomic E-state index is 10.5. The van der Waals surface area contributed by atoms with E-state index in [1.54, 1.807) is 22.6 Å². The molecule has 0 aliphatic heterocycles. The van der Waals surface area contributed by atoms with Crippen molar-refractivity contribution >= 4 is 60.1 Å². The van der Waals surface area contributed by atoms with Gasteiger partial charge in [0.2, 0.25) is 0 Å². The molecule has 1 aromatic rings. The number of phenols is 1. The molecule has 0 radical (unpaired) electrons. The minimum atomic E-state index is -0.503. The van der Waals surface area contributed by atoms with Crippen LogP contribution in [0.5, 0.6) is 5.75 Å². The fourth-order valence-electron chi connectivity index (χ4n) is 0.706. The molecule has 0 aliphatic rings. The van der Waals surface area contributed by atoms with E-state index in [1.807, 2.05) is 0 Å². The summed E-state index contributed by atoms with van der Waals surface area (Å²) in [6.45, 7) is 0. The number of halogens is 3. The Labute approximate surface area is 104 Å². The van der Waals surface area contributed by atoms with Gasteiger partial charge in [-0.2, -0.15) is 0 Å². The van der Waals surface area contributed by atoms with Crippen molar-refractivity contribution in [2.45, 2.75) is 0 Å². The Bertz CT molecular complexity index is 383. The maximum Gasteiger partial charge on any atom is 0.285 e. The first-order valence-corrected chi connectivity index (χ1v) is 5.62. The molecule has 0 saturated heterocycles. The van der Waals surface area contributed by atoms with Crippen molar-refractivity contribution in [2.24, 2.45) is 0 Å². The van der Waals surface area contributed by atoms with E-state index in [4.69, 9.17) is 0 Å². The quantitative estimate of drug-likeness (QED) is 0.326. The second-order valence-electron chi connectivity index (χ2n) is 2.11. The van der Waals surface area contributed by atoms with E-state index in [9.17, 15) is 15.2 Å². The number of rotatable bonds is 1. The van der Waals surface area contributed by atoms with Crippen molar-refractivity contribution in [3.05, 3.63) is 28.7 Å². The molecule has 1 N–H and O–H groups in total. The van der Waals surface area contributed by atoms with Gasteiger partial charge in [-0.05, 0) is 54.5 Å². The van der Waals surface area contributed by atoms with Crippen LogP contribution in [0.4, 0.5) is 5.69 Å². The summed E-state index contributed by atoms with van der Waals surface area (Å²) < 4.78 is 1.00. The third kappa shape index (κ3) is 2.13. The Morgan fingerprint density at radius 1 is 1.54 bits per heavy atom. The first-order chi connectivity index (χ1) is 5.95. The Hall–Kier alpha value is 0.110. The van der Waals surface area contributed by atoms with Gasteiger partial charge in [0.25, 0.3) is 5.69 Å². The summed E-state index contributed by atoms with van der Waals surface area (Å²) in [7, 11) is 0. The summed E-state index contributed by atoms with van der Waals surface area (Å²) in [5.74, 6) is -0.0324. The van der Waals surface area contributed by atoms with Gasteiger partial charge in [-0.1, -0.05) is 0 Å². The molecule has 7 heteroatoms. The Balaban J connectivity index is 3.50. The topological polar surface area (TPSA) is 63.4 Å². The normalized spacial score (nSPS) is 10.1. The Morgan fingerprint density at radius 3 is 2.54 bits per heavy atom. The van der Waals surface area contributed by atoms with Crippen LogP contribution >= 0.6 is 54.5 Å². The molecular formula is C6H2Br2INO3. The molecule has 0 bridgehead atoms. The number of nitro groups is 1. The van der Waals surface area contributed by atoms with Crippen molar-refractivity contribution < 1.29 is 10.0 Å². The number of aromatic hydroxyl groups is 1. The highest BCUT2D eigenvalue weighted by atomic mass is 127. The molecule has 4 nitrogen and oxygen atoms in total. The molecule has 1 aromatic carbocycles. The molecule has 0 atom stereocenters. The van der Waals surface area contributed by atoms with Crippen LogP contribution in [-0.2, 0) is 0 Å². The number of benzene rings is 1. The highest BCUT2D eigenvalue weighted by molar-refractivity contribution is 14.1. The lowest BCUT2D eigenvalue weighted by molar-refractivity contribution is -0.386. The molecule has 0 aromatic heterocycles. The maximum atomic E-state index is 10.5. The lowest BCUT2D eigenvalue weighted by Gasteiger charge is -2.03. The Morgan fingerprint density at radius 2 is 2.08 bits per heavy atom. The first-order valence-electron chi connectivity index (χ1n) is 2.96. The largest absolute Gasteiger partial charge is 0.506 e. The summed E-state index contributed by atoms with van der Waals surface area (Å²) in [6, 6.07) is 1.27. The fraction of sp³-hybridized carbons (Fsp3) is 0. The lowest BCUT2D eigenvalue weighted by Crippen LogP contribution is -1.92. The standard InChI is InChI=1S/C6H2Br2INO3/c7-2-1-3(10(12)13)5(9)4(8)6(2)11/h1,11H. The van der Waals surface area contributed by atoms with Crippen molar-refractivity contribution in [1.29, 1.82) is 0 Å². The number of hydrogen-bond acceptors (Lipinski definition) is 3. The zero-order chi connectivity index (χ0) is 10.2. The zero-order valence-corrected chi connectivity index (χ0v) is 11.3. The summed E-state index contributed by atoms with van der Waals surface area (Å²) in [6.07, 6.45) is 0. The summed E-state index contributed by atoms with van der Waals surface area (Å²) >= 11 is 7.86.